The predicted molar refractivity (Wildman–Crippen MR) is 146 cm³/mol. The van der Waals surface area contributed by atoms with E-state index in [9.17, 15) is 9.59 Å². The van der Waals surface area contributed by atoms with Gasteiger partial charge in [0, 0.05) is 25.6 Å². The lowest BCUT2D eigenvalue weighted by atomic mass is 10.0. The van der Waals surface area contributed by atoms with Crippen molar-refractivity contribution in [3.63, 3.8) is 0 Å². The molecule has 2 amide bonds. The maximum atomic E-state index is 13.5. The van der Waals surface area contributed by atoms with Crippen molar-refractivity contribution in [2.75, 3.05) is 20.8 Å². The van der Waals surface area contributed by atoms with E-state index in [0.29, 0.717) is 36.2 Å². The molecule has 1 unspecified atom stereocenters. The van der Waals surface area contributed by atoms with Crippen molar-refractivity contribution < 1.29 is 19.1 Å². The van der Waals surface area contributed by atoms with Crippen LogP contribution in [0.5, 0.6) is 11.5 Å². The summed E-state index contributed by atoms with van der Waals surface area (Å²) in [6.07, 6.45) is 4.42. The Bertz CT molecular complexity index is 1050. The fraction of sp³-hybridized carbons (Fsp3) is 0.621. The normalized spacial score (nSPS) is 16.8. The summed E-state index contributed by atoms with van der Waals surface area (Å²) in [5.41, 5.74) is 1.93. The molecule has 0 aliphatic heterocycles. The van der Waals surface area contributed by atoms with Crippen LogP contribution in [-0.4, -0.2) is 48.4 Å². The highest BCUT2D eigenvalue weighted by Crippen LogP contribution is 2.54. The molecule has 0 bridgehead atoms. The monoisotopic (exact) mass is 512 g/mol. The quantitative estimate of drug-likeness (QED) is 0.345. The van der Waals surface area contributed by atoms with Crippen molar-refractivity contribution in [3.8, 4) is 22.8 Å². The topological polar surface area (TPSA) is 94.5 Å². The van der Waals surface area contributed by atoms with Crippen molar-refractivity contribution >= 4 is 11.8 Å². The third-order valence-electron chi connectivity index (χ3n) is 7.13. The van der Waals surface area contributed by atoms with Gasteiger partial charge in [0.2, 0.25) is 5.91 Å². The van der Waals surface area contributed by atoms with E-state index in [1.54, 1.807) is 20.3 Å². The first kappa shape index (κ1) is 28.5. The Balaban J connectivity index is 1.86. The third-order valence-corrected chi connectivity index (χ3v) is 7.13. The molecule has 1 heterocycles. The van der Waals surface area contributed by atoms with Gasteiger partial charge in [0.1, 0.15) is 11.5 Å². The highest BCUT2D eigenvalue weighted by molar-refractivity contribution is 5.94. The number of nitrogens with one attached hydrogen (secondary N) is 2. The minimum absolute atomic E-state index is 0.0195. The summed E-state index contributed by atoms with van der Waals surface area (Å²) in [5, 5.41) is 10.9. The van der Waals surface area contributed by atoms with E-state index >= 15 is 0 Å². The van der Waals surface area contributed by atoms with Crippen molar-refractivity contribution in [2.45, 2.75) is 79.3 Å². The van der Waals surface area contributed by atoms with Crippen LogP contribution in [0.15, 0.2) is 24.3 Å². The second-order valence-corrected chi connectivity index (χ2v) is 11.2. The lowest BCUT2D eigenvalue weighted by Crippen LogP contribution is -2.41. The molecular weight excluding hydrogens is 468 g/mol. The number of benzene rings is 1. The first-order chi connectivity index (χ1) is 17.6. The average Bonchev–Trinajstić information content (AvgIpc) is 3.30. The second kappa shape index (κ2) is 12.5. The third kappa shape index (κ3) is 7.27. The lowest BCUT2D eigenvalue weighted by Gasteiger charge is -2.20. The number of unbranched alkanes of at least 4 members (excludes halogenated alkanes) is 2. The standard InChI is InChI=1S/C29H44N4O4/c1-8-9-10-14-30-26(34)16-21(20-17-29(20,4)5)31-28(35)22-15-23(33(32-22)18-19(2)3)27-24(36-6)12-11-13-25(27)37-7/h11-13,15,19-21H,8-10,14,16-18H2,1-7H3,(H,30,34)(H,31,35)/t20?,21-/m1/s1. The molecule has 2 atom stereocenters. The molecule has 1 aliphatic rings. The second-order valence-electron chi connectivity index (χ2n) is 11.2. The molecule has 37 heavy (non-hydrogen) atoms. The number of rotatable bonds is 14. The number of amides is 2. The maximum Gasteiger partial charge on any atom is 0.272 e. The Morgan fingerprint density at radius 3 is 2.35 bits per heavy atom. The smallest absolute Gasteiger partial charge is 0.272 e. The van der Waals surface area contributed by atoms with Crippen LogP contribution in [0.3, 0.4) is 0 Å². The van der Waals surface area contributed by atoms with Crippen LogP contribution < -0.4 is 20.1 Å². The Labute approximate surface area is 221 Å². The maximum absolute atomic E-state index is 13.5. The van der Waals surface area contributed by atoms with Gasteiger partial charge in [-0.2, -0.15) is 5.10 Å². The Hall–Kier alpha value is -3.03. The van der Waals surface area contributed by atoms with Gasteiger partial charge in [-0.15, -0.1) is 0 Å². The van der Waals surface area contributed by atoms with Gasteiger partial charge >= 0.3 is 0 Å². The van der Waals surface area contributed by atoms with Gasteiger partial charge in [0.05, 0.1) is 25.5 Å². The van der Waals surface area contributed by atoms with Crippen LogP contribution in [0.1, 0.15) is 77.2 Å². The largest absolute Gasteiger partial charge is 0.496 e. The number of nitrogens with zero attached hydrogens (tertiary/aromatic N) is 2. The summed E-state index contributed by atoms with van der Waals surface area (Å²) in [4.78, 5) is 26.2. The number of hydrogen-bond donors (Lipinski definition) is 2. The molecule has 0 saturated heterocycles. The molecule has 1 fully saturated rings. The van der Waals surface area contributed by atoms with E-state index < -0.39 is 0 Å². The minimum Gasteiger partial charge on any atom is -0.496 e. The van der Waals surface area contributed by atoms with Crippen LogP contribution >= 0.6 is 0 Å². The summed E-state index contributed by atoms with van der Waals surface area (Å²) < 4.78 is 13.1. The molecule has 204 valence electrons. The molecule has 1 aliphatic carbocycles. The van der Waals surface area contributed by atoms with Gasteiger partial charge in [-0.1, -0.05) is 53.5 Å². The number of ether oxygens (including phenoxy) is 2. The summed E-state index contributed by atoms with van der Waals surface area (Å²) in [6, 6.07) is 7.15. The summed E-state index contributed by atoms with van der Waals surface area (Å²) in [7, 11) is 3.23. The van der Waals surface area contributed by atoms with Gasteiger partial charge in [-0.3, -0.25) is 14.3 Å². The fourth-order valence-corrected chi connectivity index (χ4v) is 4.92. The van der Waals surface area contributed by atoms with Gasteiger partial charge in [0.25, 0.3) is 5.91 Å². The summed E-state index contributed by atoms with van der Waals surface area (Å²) in [6.45, 7) is 12.0. The van der Waals surface area contributed by atoms with Crippen molar-refractivity contribution in [1.29, 1.82) is 0 Å². The van der Waals surface area contributed by atoms with Crippen LogP contribution in [-0.2, 0) is 11.3 Å². The molecule has 0 spiro atoms. The van der Waals surface area contributed by atoms with Crippen LogP contribution in [0, 0.1) is 17.3 Å². The van der Waals surface area contributed by atoms with Gasteiger partial charge in [-0.25, -0.2) is 0 Å². The lowest BCUT2D eigenvalue weighted by molar-refractivity contribution is -0.121. The Kier molecular flexibility index (Phi) is 9.62. The van der Waals surface area contributed by atoms with E-state index in [1.165, 1.54) is 0 Å². The summed E-state index contributed by atoms with van der Waals surface area (Å²) >= 11 is 0. The molecule has 8 nitrogen and oxygen atoms in total. The van der Waals surface area contributed by atoms with E-state index in [4.69, 9.17) is 9.47 Å². The zero-order valence-electron chi connectivity index (χ0n) is 23.5. The van der Waals surface area contributed by atoms with Crippen LogP contribution in [0.25, 0.3) is 11.3 Å². The van der Waals surface area contributed by atoms with Crippen LogP contribution in [0.4, 0.5) is 0 Å². The number of carbonyl (C=O) groups excluding carboxylic acids is 2. The number of aromatic nitrogens is 2. The number of hydrogen-bond acceptors (Lipinski definition) is 5. The van der Waals surface area contributed by atoms with Gasteiger partial charge < -0.3 is 20.1 Å². The van der Waals surface area contributed by atoms with Gasteiger partial charge in [-0.05, 0) is 48.3 Å². The number of carbonyl (C=O) groups is 2. The van der Waals surface area contributed by atoms with E-state index in [1.807, 2.05) is 22.9 Å². The van der Waals surface area contributed by atoms with Crippen LogP contribution in [0.2, 0.25) is 0 Å². The molecule has 1 aromatic carbocycles. The van der Waals surface area contributed by atoms with E-state index in [0.717, 1.165) is 36.9 Å². The van der Waals surface area contributed by atoms with Crippen molar-refractivity contribution in [3.05, 3.63) is 30.0 Å². The predicted octanol–water partition coefficient (Wildman–Crippen LogP) is 5.06. The van der Waals surface area contributed by atoms with E-state index in [2.05, 4.69) is 50.4 Å². The zero-order chi connectivity index (χ0) is 27.2. The molecule has 3 rings (SSSR count). The molecule has 8 heteroatoms. The number of methoxy groups -OCH3 is 2. The molecular formula is C29H44N4O4. The fourth-order valence-electron chi connectivity index (χ4n) is 4.92. The Morgan fingerprint density at radius 2 is 1.81 bits per heavy atom. The molecule has 1 aromatic heterocycles. The van der Waals surface area contributed by atoms with Crippen molar-refractivity contribution in [1.82, 2.24) is 20.4 Å². The molecule has 2 aromatic rings. The highest BCUT2D eigenvalue weighted by atomic mass is 16.5. The SMILES string of the molecule is CCCCCNC(=O)C[C@@H](NC(=O)c1cc(-c2c(OC)cccc2OC)n(CC(C)C)n1)C1CC1(C)C. The van der Waals surface area contributed by atoms with E-state index in [-0.39, 0.29) is 35.6 Å². The average molecular weight is 513 g/mol. The minimum atomic E-state index is -0.274. The molecule has 2 N–H and O–H groups in total. The zero-order valence-corrected chi connectivity index (χ0v) is 23.5. The van der Waals surface area contributed by atoms with Crippen molar-refractivity contribution in [2.24, 2.45) is 17.3 Å². The first-order valence-corrected chi connectivity index (χ1v) is 13.5. The first-order valence-electron chi connectivity index (χ1n) is 13.5. The Morgan fingerprint density at radius 1 is 1.16 bits per heavy atom. The summed E-state index contributed by atoms with van der Waals surface area (Å²) in [5.74, 6) is 1.57. The highest BCUT2D eigenvalue weighted by Gasteiger charge is 2.51. The molecule has 1 saturated carbocycles. The van der Waals surface area contributed by atoms with Gasteiger partial charge in [0.15, 0.2) is 5.69 Å². The molecule has 0 radical (unpaired) electrons.